The number of para-hydroxylation sites is 1. The summed E-state index contributed by atoms with van der Waals surface area (Å²) in [5, 5.41) is 5.32. The average molecular weight is 327 g/mol. The topological polar surface area (TPSA) is 88.7 Å². The molecular weight excluding hydrogens is 304 g/mol. The van der Waals surface area contributed by atoms with E-state index in [4.69, 9.17) is 10.5 Å². The maximum Gasteiger partial charge on any atom is 0.326 e. The number of rotatable bonds is 3. The third kappa shape index (κ3) is 5.20. The van der Waals surface area contributed by atoms with E-state index in [1.165, 1.54) is 0 Å². The van der Waals surface area contributed by atoms with Crippen molar-refractivity contribution in [3.63, 3.8) is 0 Å². The lowest BCUT2D eigenvalue weighted by molar-refractivity contribution is 0.118. The summed E-state index contributed by atoms with van der Waals surface area (Å²) in [6.45, 7) is 5.14. The molecule has 6 nitrogen and oxygen atoms in total. The molecule has 1 atom stereocenters. The first-order chi connectivity index (χ1) is 10.1. The van der Waals surface area contributed by atoms with E-state index in [1.54, 1.807) is 0 Å². The standard InChI is InChI=1S/C15H22N4O2.ClH/c1-10-5-3-6-11(2)13(10)18-15(20)19-14(16)17-9-12-7-4-8-21-12;/h3,5-6,12H,4,7-9H2,1-2H3,(H4,16,17,18,19,20);1H. The summed E-state index contributed by atoms with van der Waals surface area (Å²) >= 11 is 0. The lowest BCUT2D eigenvalue weighted by atomic mass is 10.1. The average Bonchev–Trinajstić information content (AvgIpc) is 2.94. The molecule has 1 heterocycles. The molecule has 2 rings (SSSR count). The van der Waals surface area contributed by atoms with Gasteiger partial charge in [0.1, 0.15) is 0 Å². The summed E-state index contributed by atoms with van der Waals surface area (Å²) in [6, 6.07) is 5.45. The maximum atomic E-state index is 11.9. The van der Waals surface area contributed by atoms with Gasteiger partial charge in [0.2, 0.25) is 0 Å². The summed E-state index contributed by atoms with van der Waals surface area (Å²) in [4.78, 5) is 16.0. The van der Waals surface area contributed by atoms with Crippen molar-refractivity contribution in [3.05, 3.63) is 29.3 Å². The highest BCUT2D eigenvalue weighted by molar-refractivity contribution is 6.02. The number of amides is 2. The summed E-state index contributed by atoms with van der Waals surface area (Å²) in [5.74, 6) is 0.106. The first-order valence-electron chi connectivity index (χ1n) is 7.12. The van der Waals surface area contributed by atoms with Gasteiger partial charge in [-0.15, -0.1) is 12.4 Å². The van der Waals surface area contributed by atoms with E-state index in [0.29, 0.717) is 6.54 Å². The molecule has 0 saturated carbocycles. The molecule has 7 heteroatoms. The highest BCUT2D eigenvalue weighted by Gasteiger charge is 2.15. The Morgan fingerprint density at radius 1 is 1.41 bits per heavy atom. The number of aryl methyl sites for hydroxylation is 2. The molecule has 0 aromatic heterocycles. The number of aliphatic imine (C=N–C) groups is 1. The molecule has 1 aliphatic heterocycles. The summed E-state index contributed by atoms with van der Waals surface area (Å²) in [5.41, 5.74) is 8.50. The van der Waals surface area contributed by atoms with Gasteiger partial charge in [-0.25, -0.2) is 4.79 Å². The first-order valence-corrected chi connectivity index (χ1v) is 7.12. The molecule has 1 aromatic rings. The van der Waals surface area contributed by atoms with Crippen LogP contribution in [0.15, 0.2) is 23.2 Å². The second kappa shape index (κ2) is 8.60. The number of carbonyl (C=O) groups is 1. The fraction of sp³-hybridized carbons (Fsp3) is 0.467. The van der Waals surface area contributed by atoms with Crippen LogP contribution in [0.25, 0.3) is 0 Å². The van der Waals surface area contributed by atoms with Gasteiger partial charge < -0.3 is 15.8 Å². The van der Waals surface area contributed by atoms with Crippen molar-refractivity contribution in [3.8, 4) is 0 Å². The van der Waals surface area contributed by atoms with Crippen molar-refractivity contribution < 1.29 is 9.53 Å². The zero-order valence-electron chi connectivity index (χ0n) is 12.9. The molecule has 1 aromatic carbocycles. The van der Waals surface area contributed by atoms with Crippen molar-refractivity contribution >= 4 is 30.1 Å². The molecule has 22 heavy (non-hydrogen) atoms. The minimum atomic E-state index is -0.388. The van der Waals surface area contributed by atoms with Gasteiger partial charge >= 0.3 is 6.03 Å². The third-order valence-electron chi connectivity index (χ3n) is 3.45. The normalized spacial score (nSPS) is 17.7. The van der Waals surface area contributed by atoms with Gasteiger partial charge in [-0.1, -0.05) is 18.2 Å². The zero-order chi connectivity index (χ0) is 15.2. The van der Waals surface area contributed by atoms with E-state index in [0.717, 1.165) is 36.3 Å². The molecule has 0 spiro atoms. The van der Waals surface area contributed by atoms with Gasteiger partial charge in [0.05, 0.1) is 12.6 Å². The van der Waals surface area contributed by atoms with Crippen LogP contribution in [0.3, 0.4) is 0 Å². The molecule has 0 bridgehead atoms. The minimum Gasteiger partial charge on any atom is -0.376 e. The number of urea groups is 1. The van der Waals surface area contributed by atoms with Crippen LogP contribution in [0.1, 0.15) is 24.0 Å². The van der Waals surface area contributed by atoms with E-state index >= 15 is 0 Å². The molecule has 0 aliphatic carbocycles. The Balaban J connectivity index is 0.00000242. The van der Waals surface area contributed by atoms with Crippen LogP contribution in [0.4, 0.5) is 10.5 Å². The number of nitrogens with two attached hydrogens (primary N) is 1. The fourth-order valence-electron chi connectivity index (χ4n) is 2.30. The Morgan fingerprint density at radius 2 is 2.09 bits per heavy atom. The Labute approximate surface area is 136 Å². The SMILES string of the molecule is Cc1cccc(C)c1NC(=O)NC(N)=NCC1CCCO1.Cl. The minimum absolute atomic E-state index is 0. The number of benzene rings is 1. The summed E-state index contributed by atoms with van der Waals surface area (Å²) in [7, 11) is 0. The van der Waals surface area contributed by atoms with Crippen molar-refractivity contribution in [1.29, 1.82) is 0 Å². The Kier molecular flexibility index (Phi) is 7.14. The van der Waals surface area contributed by atoms with Crippen LogP contribution >= 0.6 is 12.4 Å². The number of halogens is 1. The molecule has 1 saturated heterocycles. The second-order valence-electron chi connectivity index (χ2n) is 5.21. The van der Waals surface area contributed by atoms with Gasteiger partial charge in [0.15, 0.2) is 5.96 Å². The van der Waals surface area contributed by atoms with Crippen LogP contribution < -0.4 is 16.4 Å². The summed E-state index contributed by atoms with van der Waals surface area (Å²) < 4.78 is 5.44. The molecule has 1 unspecified atom stereocenters. The highest BCUT2D eigenvalue weighted by Crippen LogP contribution is 2.19. The third-order valence-corrected chi connectivity index (χ3v) is 3.45. The highest BCUT2D eigenvalue weighted by atomic mass is 35.5. The van der Waals surface area contributed by atoms with E-state index in [2.05, 4.69) is 15.6 Å². The van der Waals surface area contributed by atoms with Crippen molar-refractivity contribution in [2.24, 2.45) is 10.7 Å². The Hall–Kier alpha value is -1.79. The summed E-state index contributed by atoms with van der Waals surface area (Å²) in [6.07, 6.45) is 2.17. The lowest BCUT2D eigenvalue weighted by Crippen LogP contribution is -2.40. The number of hydrogen-bond donors (Lipinski definition) is 3. The smallest absolute Gasteiger partial charge is 0.326 e. The van der Waals surface area contributed by atoms with Gasteiger partial charge in [-0.3, -0.25) is 10.3 Å². The fourth-order valence-corrected chi connectivity index (χ4v) is 2.30. The lowest BCUT2D eigenvalue weighted by Gasteiger charge is -2.12. The van der Waals surface area contributed by atoms with Crippen LogP contribution in [0.2, 0.25) is 0 Å². The van der Waals surface area contributed by atoms with Crippen molar-refractivity contribution in [2.45, 2.75) is 32.8 Å². The van der Waals surface area contributed by atoms with Crippen LogP contribution in [0, 0.1) is 13.8 Å². The van der Waals surface area contributed by atoms with Crippen LogP contribution in [0.5, 0.6) is 0 Å². The number of carbonyl (C=O) groups excluding carboxylic acids is 1. The molecule has 4 N–H and O–H groups in total. The number of hydrogen-bond acceptors (Lipinski definition) is 3. The number of ether oxygens (including phenoxy) is 1. The number of anilines is 1. The zero-order valence-corrected chi connectivity index (χ0v) is 13.7. The molecule has 1 aliphatic rings. The first kappa shape index (κ1) is 18.3. The van der Waals surface area contributed by atoms with Gasteiger partial charge in [0.25, 0.3) is 0 Å². The van der Waals surface area contributed by atoms with Gasteiger partial charge in [-0.2, -0.15) is 0 Å². The van der Waals surface area contributed by atoms with E-state index in [9.17, 15) is 4.79 Å². The Morgan fingerprint density at radius 3 is 2.68 bits per heavy atom. The van der Waals surface area contributed by atoms with Crippen molar-refractivity contribution in [1.82, 2.24) is 5.32 Å². The monoisotopic (exact) mass is 326 g/mol. The molecule has 0 radical (unpaired) electrons. The number of nitrogens with zero attached hydrogens (tertiary/aromatic N) is 1. The van der Waals surface area contributed by atoms with E-state index in [1.807, 2.05) is 32.0 Å². The van der Waals surface area contributed by atoms with Crippen molar-refractivity contribution in [2.75, 3.05) is 18.5 Å². The molecular formula is C15H23ClN4O2. The van der Waals surface area contributed by atoms with E-state index < -0.39 is 0 Å². The van der Waals surface area contributed by atoms with E-state index in [-0.39, 0.29) is 30.5 Å². The van der Waals surface area contributed by atoms with Crippen LogP contribution in [-0.4, -0.2) is 31.2 Å². The molecule has 2 amide bonds. The maximum absolute atomic E-state index is 11.9. The Bertz CT molecular complexity index is 522. The molecule has 1 fully saturated rings. The largest absolute Gasteiger partial charge is 0.376 e. The second-order valence-corrected chi connectivity index (χ2v) is 5.21. The quantitative estimate of drug-likeness (QED) is 0.588. The number of nitrogens with one attached hydrogen (secondary N) is 2. The predicted octanol–water partition coefficient (Wildman–Crippen LogP) is 2.34. The number of guanidine groups is 1. The van der Waals surface area contributed by atoms with Gasteiger partial charge in [0, 0.05) is 12.3 Å². The van der Waals surface area contributed by atoms with Crippen LogP contribution in [-0.2, 0) is 4.74 Å². The molecule has 122 valence electrons. The predicted molar refractivity (Wildman–Crippen MR) is 90.8 cm³/mol. The van der Waals surface area contributed by atoms with Gasteiger partial charge in [-0.05, 0) is 37.8 Å².